The lowest BCUT2D eigenvalue weighted by molar-refractivity contribution is -0.161. The minimum absolute atomic E-state index is 0.107. The number of carbonyl (C=O) groups excluding carboxylic acids is 4. The van der Waals surface area contributed by atoms with Crippen LogP contribution in [0.2, 0.25) is 0 Å². The van der Waals surface area contributed by atoms with Gasteiger partial charge in [0.2, 0.25) is 0 Å². The Morgan fingerprint density at radius 3 is 0.687 bits per heavy atom. The van der Waals surface area contributed by atoms with E-state index in [1.165, 1.54) is 238 Å². The molecule has 0 aliphatic carbocycles. The van der Waals surface area contributed by atoms with Crippen molar-refractivity contribution in [3.8, 4) is 0 Å². The smallest absolute Gasteiger partial charge is 0.462 e. The first kappa shape index (κ1) is 97.1. The minimum atomic E-state index is -4.96. The summed E-state index contributed by atoms with van der Waals surface area (Å²) in [5, 5.41) is 10.6. The van der Waals surface area contributed by atoms with E-state index in [9.17, 15) is 43.2 Å². The van der Waals surface area contributed by atoms with Gasteiger partial charge in [0.05, 0.1) is 26.4 Å². The largest absolute Gasteiger partial charge is 0.472 e. The van der Waals surface area contributed by atoms with Crippen molar-refractivity contribution in [3.63, 3.8) is 0 Å². The molecule has 0 aromatic rings. The molecule has 0 rings (SSSR count). The van der Waals surface area contributed by atoms with Gasteiger partial charge < -0.3 is 33.8 Å². The number of esters is 4. The molecule has 0 fully saturated rings. The summed E-state index contributed by atoms with van der Waals surface area (Å²) in [5.41, 5.74) is 0. The second-order valence-corrected chi connectivity index (χ2v) is 32.7. The van der Waals surface area contributed by atoms with Crippen LogP contribution >= 0.6 is 15.6 Å². The van der Waals surface area contributed by atoms with Crippen LogP contribution in [0.1, 0.15) is 420 Å². The number of phosphoric ester groups is 2. The third kappa shape index (κ3) is 74.1. The Labute approximate surface area is 607 Å². The highest BCUT2D eigenvalue weighted by Gasteiger charge is 2.30. The maximum atomic E-state index is 13.1. The summed E-state index contributed by atoms with van der Waals surface area (Å²) >= 11 is 0. The summed E-state index contributed by atoms with van der Waals surface area (Å²) in [6.45, 7) is 9.67. The normalized spacial score (nSPS) is 13.9. The van der Waals surface area contributed by atoms with Gasteiger partial charge in [-0.2, -0.15) is 0 Å². The van der Waals surface area contributed by atoms with Gasteiger partial charge in [-0.05, 0) is 37.5 Å². The first-order valence-corrected chi connectivity index (χ1v) is 44.5. The fourth-order valence-corrected chi connectivity index (χ4v) is 13.9. The van der Waals surface area contributed by atoms with Gasteiger partial charge in [0, 0.05) is 25.7 Å². The predicted octanol–water partition coefficient (Wildman–Crippen LogP) is 23.9. The van der Waals surface area contributed by atoms with Gasteiger partial charge in [-0.3, -0.25) is 37.3 Å². The molecule has 3 N–H and O–H groups in total. The highest BCUT2D eigenvalue weighted by Crippen LogP contribution is 2.45. The van der Waals surface area contributed by atoms with E-state index in [1.54, 1.807) is 0 Å². The molecular weight excluding hydrogens is 1290 g/mol. The summed E-state index contributed by atoms with van der Waals surface area (Å²) < 4.78 is 68.6. The summed E-state index contributed by atoms with van der Waals surface area (Å²) in [4.78, 5) is 72.9. The van der Waals surface area contributed by atoms with Gasteiger partial charge in [-0.15, -0.1) is 0 Å². The SMILES string of the molecule is CCCCCCCCCCCCC(=O)OC[C@H](COP(=O)(O)OC[C@H](O)COP(=O)(O)OC[C@@H](COC(=O)CCCCCCCCCCCCCCCCCC(C)C)OC(=O)CCCCCCCCCCCCCCCCCCCCC(C)C)OC(=O)CCCCCCCCCCCC. The number of carbonyl (C=O) groups is 4. The molecule has 0 bridgehead atoms. The highest BCUT2D eigenvalue weighted by molar-refractivity contribution is 7.47. The summed E-state index contributed by atoms with van der Waals surface area (Å²) in [6, 6.07) is 0. The lowest BCUT2D eigenvalue weighted by Gasteiger charge is -2.21. The lowest BCUT2D eigenvalue weighted by atomic mass is 10.0. The first-order chi connectivity index (χ1) is 47.9. The Morgan fingerprint density at radius 2 is 0.465 bits per heavy atom. The summed E-state index contributed by atoms with van der Waals surface area (Å²) in [6.07, 6.45) is 61.1. The number of unbranched alkanes of at least 4 members (excludes halogenated alkanes) is 49. The Bertz CT molecular complexity index is 1910. The third-order valence-corrected chi connectivity index (χ3v) is 20.6. The van der Waals surface area contributed by atoms with E-state index in [0.29, 0.717) is 25.7 Å². The fraction of sp³-hybridized carbons (Fsp3) is 0.950. The van der Waals surface area contributed by atoms with Gasteiger partial charge in [-0.1, -0.05) is 369 Å². The number of hydrogen-bond acceptors (Lipinski definition) is 15. The zero-order valence-corrected chi connectivity index (χ0v) is 66.6. The number of phosphoric acid groups is 2. The van der Waals surface area contributed by atoms with E-state index < -0.39 is 97.5 Å². The molecule has 0 aromatic carbocycles. The van der Waals surface area contributed by atoms with E-state index in [2.05, 4.69) is 41.5 Å². The molecule has 2 unspecified atom stereocenters. The topological polar surface area (TPSA) is 237 Å². The van der Waals surface area contributed by atoms with E-state index in [4.69, 9.17) is 37.0 Å². The zero-order valence-electron chi connectivity index (χ0n) is 64.8. The molecule has 0 saturated carbocycles. The average Bonchev–Trinajstić information content (AvgIpc) is 1.47. The molecule has 99 heavy (non-hydrogen) atoms. The van der Waals surface area contributed by atoms with E-state index in [0.717, 1.165) is 102 Å². The maximum Gasteiger partial charge on any atom is 0.472 e. The van der Waals surface area contributed by atoms with Crippen LogP contribution in [0.5, 0.6) is 0 Å². The Hall–Kier alpha value is -1.94. The van der Waals surface area contributed by atoms with Gasteiger partial charge >= 0.3 is 39.5 Å². The molecule has 17 nitrogen and oxygen atoms in total. The second-order valence-electron chi connectivity index (χ2n) is 29.8. The van der Waals surface area contributed by atoms with Gasteiger partial charge in [-0.25, -0.2) is 9.13 Å². The van der Waals surface area contributed by atoms with Crippen LogP contribution in [0.3, 0.4) is 0 Å². The fourth-order valence-electron chi connectivity index (χ4n) is 12.4. The highest BCUT2D eigenvalue weighted by atomic mass is 31.2. The van der Waals surface area contributed by atoms with Crippen LogP contribution in [-0.2, 0) is 65.4 Å². The number of rotatable bonds is 79. The molecule has 5 atom stereocenters. The second kappa shape index (κ2) is 71.7. The Morgan fingerprint density at radius 1 is 0.273 bits per heavy atom. The van der Waals surface area contributed by atoms with Crippen molar-refractivity contribution in [1.29, 1.82) is 0 Å². The van der Waals surface area contributed by atoms with E-state index in [-0.39, 0.29) is 25.7 Å². The molecule has 588 valence electrons. The molecule has 0 aromatic heterocycles. The van der Waals surface area contributed by atoms with Crippen LogP contribution in [0, 0.1) is 11.8 Å². The quantitative estimate of drug-likeness (QED) is 0.0222. The van der Waals surface area contributed by atoms with Crippen molar-refractivity contribution < 1.29 is 80.2 Å². The molecule has 0 spiro atoms. The molecule has 0 radical (unpaired) electrons. The van der Waals surface area contributed by atoms with Crippen molar-refractivity contribution in [1.82, 2.24) is 0 Å². The molecule has 0 saturated heterocycles. The van der Waals surface area contributed by atoms with Crippen molar-refractivity contribution in [2.24, 2.45) is 11.8 Å². The number of ether oxygens (including phenoxy) is 4. The first-order valence-electron chi connectivity index (χ1n) is 41.5. The Balaban J connectivity index is 5.19. The average molecular weight is 1450 g/mol. The standard InChI is InChI=1S/C80H156O17P2/c1-7-9-11-13-15-17-38-44-50-56-62-77(82)90-68-75(96-79(84)64-58-52-46-39-18-16-14-12-10-8-2)70-94-98(86,87)92-66-74(81)67-93-99(88,89)95-71-76(69-91-78(83)63-57-51-45-40-34-30-27-23-25-29-33-37-43-49-55-61-73(5)6)97-80(85)65-59-53-47-41-35-31-26-22-20-19-21-24-28-32-36-42-48-54-60-72(3)4/h72-76,81H,7-71H2,1-6H3,(H,86,87)(H,88,89)/t74-,75+,76+/m0/s1. The van der Waals surface area contributed by atoms with Crippen molar-refractivity contribution in [2.75, 3.05) is 39.6 Å². The predicted molar refractivity (Wildman–Crippen MR) is 405 cm³/mol. The van der Waals surface area contributed by atoms with Crippen LogP contribution in [0.15, 0.2) is 0 Å². The van der Waals surface area contributed by atoms with Crippen LogP contribution < -0.4 is 0 Å². The van der Waals surface area contributed by atoms with Crippen LogP contribution in [0.4, 0.5) is 0 Å². The monoisotopic (exact) mass is 1450 g/mol. The molecule has 0 heterocycles. The number of aliphatic hydroxyl groups excluding tert-OH is 1. The molecule has 0 aliphatic rings. The maximum absolute atomic E-state index is 13.1. The van der Waals surface area contributed by atoms with Gasteiger partial charge in [0.15, 0.2) is 12.2 Å². The number of hydrogen-bond donors (Lipinski definition) is 3. The third-order valence-electron chi connectivity index (χ3n) is 18.7. The van der Waals surface area contributed by atoms with Crippen molar-refractivity contribution in [2.45, 2.75) is 439 Å². The summed E-state index contributed by atoms with van der Waals surface area (Å²) in [7, 11) is -9.91. The molecular formula is C80H156O17P2. The Kier molecular flexibility index (Phi) is 70.3. The minimum Gasteiger partial charge on any atom is -0.462 e. The van der Waals surface area contributed by atoms with Gasteiger partial charge in [0.1, 0.15) is 19.3 Å². The van der Waals surface area contributed by atoms with E-state index in [1.807, 2.05) is 0 Å². The molecule has 0 amide bonds. The zero-order chi connectivity index (χ0) is 72.8. The summed E-state index contributed by atoms with van der Waals surface area (Å²) in [5.74, 6) is -0.484. The van der Waals surface area contributed by atoms with Gasteiger partial charge in [0.25, 0.3) is 0 Å². The number of aliphatic hydroxyl groups is 1. The van der Waals surface area contributed by atoms with Crippen molar-refractivity contribution >= 4 is 39.5 Å². The molecule has 19 heteroatoms. The van der Waals surface area contributed by atoms with Crippen LogP contribution in [-0.4, -0.2) is 96.7 Å². The molecule has 0 aliphatic heterocycles. The van der Waals surface area contributed by atoms with E-state index >= 15 is 0 Å². The van der Waals surface area contributed by atoms with Crippen molar-refractivity contribution in [3.05, 3.63) is 0 Å². The lowest BCUT2D eigenvalue weighted by Crippen LogP contribution is -2.30. The van der Waals surface area contributed by atoms with Crippen LogP contribution in [0.25, 0.3) is 0 Å².